The molecule has 2 amide bonds. The summed E-state index contributed by atoms with van der Waals surface area (Å²) in [6.07, 6.45) is 0. The third kappa shape index (κ3) is 5.16. The molecule has 1 N–H and O–H groups in total. The Morgan fingerprint density at radius 1 is 0.879 bits per heavy atom. The quantitative estimate of drug-likeness (QED) is 0.360. The van der Waals surface area contributed by atoms with E-state index in [9.17, 15) is 9.59 Å². The molecule has 0 aliphatic carbocycles. The minimum absolute atomic E-state index is 0.103. The first-order chi connectivity index (χ1) is 16.1. The number of nitrogens with zero attached hydrogens (tertiary/aromatic N) is 1. The van der Waals surface area contributed by atoms with Crippen molar-refractivity contribution in [2.75, 3.05) is 23.4 Å². The number of carbonyl (C=O) groups excluding carboxylic acids is 2. The fourth-order valence-electron chi connectivity index (χ4n) is 3.62. The number of halogens is 1. The van der Waals surface area contributed by atoms with Gasteiger partial charge in [-0.1, -0.05) is 60.1 Å². The number of anilines is 2. The van der Waals surface area contributed by atoms with Gasteiger partial charge in [0.15, 0.2) is 6.61 Å². The van der Waals surface area contributed by atoms with E-state index in [1.165, 1.54) is 0 Å². The molecule has 0 heterocycles. The zero-order valence-electron chi connectivity index (χ0n) is 18.1. The standard InChI is InChI=1S/C27H23ClN2O3/c1-2-30(24-12-7-9-19-8-3-4-10-22(19)24)27(32)20-14-16-21(17-15-20)29-26(31)18-33-25-13-6-5-11-23(25)28/h3-17H,2,18H2,1H3,(H,29,31). The number of fused-ring (bicyclic) bond motifs is 1. The largest absolute Gasteiger partial charge is 0.482 e. The van der Waals surface area contributed by atoms with Crippen LogP contribution in [0.2, 0.25) is 5.02 Å². The van der Waals surface area contributed by atoms with Crippen LogP contribution >= 0.6 is 11.6 Å². The first-order valence-electron chi connectivity index (χ1n) is 10.6. The number of nitrogens with one attached hydrogen (secondary N) is 1. The van der Waals surface area contributed by atoms with E-state index in [1.807, 2.05) is 49.4 Å². The molecule has 4 rings (SSSR count). The molecule has 166 valence electrons. The fourth-order valence-corrected chi connectivity index (χ4v) is 3.81. The Hall–Kier alpha value is -3.83. The van der Waals surface area contributed by atoms with Crippen LogP contribution < -0.4 is 15.0 Å². The molecule has 33 heavy (non-hydrogen) atoms. The summed E-state index contributed by atoms with van der Waals surface area (Å²) in [7, 11) is 0. The third-order valence-corrected chi connectivity index (χ3v) is 5.54. The van der Waals surface area contributed by atoms with Crippen LogP contribution in [0, 0.1) is 0 Å². The van der Waals surface area contributed by atoms with Crippen molar-refractivity contribution in [3.63, 3.8) is 0 Å². The summed E-state index contributed by atoms with van der Waals surface area (Å²) in [5.41, 5.74) is 1.98. The van der Waals surface area contributed by atoms with Gasteiger partial charge in [-0.25, -0.2) is 0 Å². The average molecular weight is 459 g/mol. The van der Waals surface area contributed by atoms with Gasteiger partial charge in [-0.2, -0.15) is 0 Å². The Bertz CT molecular complexity index is 1280. The van der Waals surface area contributed by atoms with Gasteiger partial charge in [0.25, 0.3) is 11.8 Å². The minimum Gasteiger partial charge on any atom is -0.482 e. The number of rotatable bonds is 7. The van der Waals surface area contributed by atoms with Crippen molar-refractivity contribution < 1.29 is 14.3 Å². The van der Waals surface area contributed by atoms with Gasteiger partial charge < -0.3 is 15.0 Å². The van der Waals surface area contributed by atoms with Crippen LogP contribution in [0.4, 0.5) is 11.4 Å². The summed E-state index contributed by atoms with van der Waals surface area (Å²) in [4.78, 5) is 27.2. The smallest absolute Gasteiger partial charge is 0.262 e. The molecule has 4 aromatic carbocycles. The summed E-state index contributed by atoms with van der Waals surface area (Å²) in [5, 5.41) is 5.32. The number of amides is 2. The number of ether oxygens (including phenoxy) is 1. The Morgan fingerprint density at radius 3 is 2.33 bits per heavy atom. The summed E-state index contributed by atoms with van der Waals surface area (Å²) < 4.78 is 5.46. The van der Waals surface area contributed by atoms with E-state index in [0.717, 1.165) is 16.5 Å². The predicted molar refractivity (Wildman–Crippen MR) is 133 cm³/mol. The molecular formula is C27H23ClN2O3. The molecule has 0 saturated carbocycles. The monoisotopic (exact) mass is 458 g/mol. The molecular weight excluding hydrogens is 436 g/mol. The van der Waals surface area contributed by atoms with Gasteiger partial charge in [-0.05, 0) is 54.8 Å². The van der Waals surface area contributed by atoms with Crippen molar-refractivity contribution in [2.45, 2.75) is 6.92 Å². The Morgan fingerprint density at radius 2 is 1.58 bits per heavy atom. The molecule has 0 aliphatic heterocycles. The lowest BCUT2D eigenvalue weighted by Gasteiger charge is -2.23. The number of para-hydroxylation sites is 1. The van der Waals surface area contributed by atoms with Crippen LogP contribution in [0.25, 0.3) is 10.8 Å². The van der Waals surface area contributed by atoms with Gasteiger partial charge in [0, 0.05) is 23.2 Å². The second kappa shape index (κ2) is 10.2. The van der Waals surface area contributed by atoms with Crippen LogP contribution in [0.15, 0.2) is 91.0 Å². The predicted octanol–water partition coefficient (Wildman–Crippen LogP) is 6.18. The van der Waals surface area contributed by atoms with Crippen LogP contribution in [0.5, 0.6) is 5.75 Å². The molecule has 5 nitrogen and oxygen atoms in total. The third-order valence-electron chi connectivity index (χ3n) is 5.23. The van der Waals surface area contributed by atoms with Crippen molar-refractivity contribution in [1.29, 1.82) is 0 Å². The molecule has 0 aliphatic rings. The Balaban J connectivity index is 1.44. The highest BCUT2D eigenvalue weighted by atomic mass is 35.5. The SMILES string of the molecule is CCN(C(=O)c1ccc(NC(=O)COc2ccccc2Cl)cc1)c1cccc2ccccc12. The molecule has 0 saturated heterocycles. The van der Waals surface area contributed by atoms with Crippen molar-refractivity contribution >= 4 is 45.6 Å². The van der Waals surface area contributed by atoms with Crippen molar-refractivity contribution in [2.24, 2.45) is 0 Å². The summed E-state index contributed by atoms with van der Waals surface area (Å²) >= 11 is 6.04. The van der Waals surface area contributed by atoms with E-state index < -0.39 is 0 Å². The van der Waals surface area contributed by atoms with E-state index in [-0.39, 0.29) is 18.4 Å². The Labute approximate surface area is 197 Å². The minimum atomic E-state index is -0.320. The lowest BCUT2D eigenvalue weighted by Crippen LogP contribution is -2.30. The summed E-state index contributed by atoms with van der Waals surface area (Å²) in [6, 6.07) is 27.7. The van der Waals surface area contributed by atoms with Crippen molar-refractivity contribution in [1.82, 2.24) is 0 Å². The summed E-state index contributed by atoms with van der Waals surface area (Å²) in [5.74, 6) is 0.0251. The van der Waals surface area contributed by atoms with Gasteiger partial charge in [0.1, 0.15) is 5.75 Å². The fraction of sp³-hybridized carbons (Fsp3) is 0.111. The highest BCUT2D eigenvalue weighted by molar-refractivity contribution is 6.32. The molecule has 0 bridgehead atoms. The Kier molecular flexibility index (Phi) is 6.91. The van der Waals surface area contributed by atoms with Gasteiger partial charge >= 0.3 is 0 Å². The van der Waals surface area contributed by atoms with Crippen molar-refractivity contribution in [3.8, 4) is 5.75 Å². The van der Waals surface area contributed by atoms with E-state index >= 15 is 0 Å². The first-order valence-corrected chi connectivity index (χ1v) is 11.0. The second-order valence-electron chi connectivity index (χ2n) is 7.39. The molecule has 0 aromatic heterocycles. The highest BCUT2D eigenvalue weighted by Crippen LogP contribution is 2.28. The molecule has 0 spiro atoms. The van der Waals surface area contributed by atoms with Gasteiger partial charge in [-0.15, -0.1) is 0 Å². The van der Waals surface area contributed by atoms with Crippen LogP contribution in [-0.4, -0.2) is 25.0 Å². The van der Waals surface area contributed by atoms with Gasteiger partial charge in [-0.3, -0.25) is 9.59 Å². The van der Waals surface area contributed by atoms with Crippen molar-refractivity contribution in [3.05, 3.63) is 102 Å². The number of hydrogen-bond acceptors (Lipinski definition) is 3. The van der Waals surface area contributed by atoms with Gasteiger partial charge in [0.05, 0.1) is 10.7 Å². The lowest BCUT2D eigenvalue weighted by molar-refractivity contribution is -0.118. The molecule has 0 unspecified atom stereocenters. The van der Waals surface area contributed by atoms with Crippen LogP contribution in [0.3, 0.4) is 0 Å². The maximum absolute atomic E-state index is 13.3. The van der Waals surface area contributed by atoms with Gasteiger partial charge in [0.2, 0.25) is 0 Å². The number of benzene rings is 4. The zero-order chi connectivity index (χ0) is 23.2. The first kappa shape index (κ1) is 22.4. The molecule has 6 heteroatoms. The maximum Gasteiger partial charge on any atom is 0.262 e. The number of hydrogen-bond donors (Lipinski definition) is 1. The maximum atomic E-state index is 13.3. The second-order valence-corrected chi connectivity index (χ2v) is 7.80. The van der Waals surface area contributed by atoms with E-state index in [0.29, 0.717) is 28.6 Å². The van der Waals surface area contributed by atoms with E-state index in [4.69, 9.17) is 16.3 Å². The van der Waals surface area contributed by atoms with E-state index in [2.05, 4.69) is 5.32 Å². The molecule has 0 atom stereocenters. The average Bonchev–Trinajstić information content (AvgIpc) is 2.84. The van der Waals surface area contributed by atoms with Crippen LogP contribution in [-0.2, 0) is 4.79 Å². The molecule has 4 aromatic rings. The number of carbonyl (C=O) groups is 2. The summed E-state index contributed by atoms with van der Waals surface area (Å²) in [6.45, 7) is 2.31. The van der Waals surface area contributed by atoms with E-state index in [1.54, 1.807) is 53.4 Å². The lowest BCUT2D eigenvalue weighted by atomic mass is 10.1. The normalized spacial score (nSPS) is 10.6. The molecule has 0 radical (unpaired) electrons. The highest BCUT2D eigenvalue weighted by Gasteiger charge is 2.18. The van der Waals surface area contributed by atoms with Crippen LogP contribution in [0.1, 0.15) is 17.3 Å². The zero-order valence-corrected chi connectivity index (χ0v) is 18.9. The molecule has 0 fully saturated rings. The topological polar surface area (TPSA) is 58.6 Å².